The molecule has 1 spiro atoms. The summed E-state index contributed by atoms with van der Waals surface area (Å²) in [5.41, 5.74) is 0.959. The number of piperazine rings is 1. The summed E-state index contributed by atoms with van der Waals surface area (Å²) in [6, 6.07) is 0.759. The van der Waals surface area contributed by atoms with Crippen LogP contribution in [0.5, 0.6) is 11.8 Å². The predicted molar refractivity (Wildman–Crippen MR) is 164 cm³/mol. The zero-order valence-electron chi connectivity index (χ0n) is 25.9. The molecular weight excluding hydrogens is 664 g/mol. The number of fused-ring (bicyclic) bond motifs is 6. The zero-order valence-corrected chi connectivity index (χ0v) is 26.6. The third-order valence-corrected chi connectivity index (χ3v) is 11.9. The van der Waals surface area contributed by atoms with E-state index in [0.717, 1.165) is 25.3 Å². The van der Waals surface area contributed by atoms with E-state index in [0.29, 0.717) is 25.3 Å². The average molecular weight is 696 g/mol. The second kappa shape index (κ2) is 9.90. The fourth-order valence-electron chi connectivity index (χ4n) is 9.24. The number of pyridine rings is 1. The summed E-state index contributed by atoms with van der Waals surface area (Å²) in [5.74, 6) is -3.89. The number of aromatic nitrogens is 3. The third-order valence-electron chi connectivity index (χ3n) is 11.5. The molecule has 3 aromatic rings. The molecule has 3 N–H and O–H groups in total. The summed E-state index contributed by atoms with van der Waals surface area (Å²) in [5, 5.41) is 3.29. The van der Waals surface area contributed by atoms with Gasteiger partial charge in [-0.25, -0.2) is 18.2 Å². The first-order chi connectivity index (χ1) is 22.7. The van der Waals surface area contributed by atoms with E-state index in [2.05, 4.69) is 20.2 Å². The summed E-state index contributed by atoms with van der Waals surface area (Å²) in [4.78, 5) is 17.2. The minimum Gasteiger partial charge on any atom is -0.489 e. The normalized spacial score (nSPS) is 31.6. The average Bonchev–Trinajstić information content (AvgIpc) is 3.30. The molecule has 5 unspecified atom stereocenters. The van der Waals surface area contributed by atoms with Crippen LogP contribution in [0.3, 0.4) is 0 Å². The largest absolute Gasteiger partial charge is 0.489 e. The fraction of sp³-hybridized carbons (Fsp3) is 0.594. The molecule has 4 saturated heterocycles. The van der Waals surface area contributed by atoms with Crippen LogP contribution < -0.4 is 25.4 Å². The molecule has 2 bridgehead atoms. The first-order valence-electron chi connectivity index (χ1n) is 16.2. The number of nitrogens with one attached hydrogen (secondary N) is 1. The van der Waals surface area contributed by atoms with Gasteiger partial charge in [-0.15, -0.1) is 0 Å². The van der Waals surface area contributed by atoms with Crippen LogP contribution in [-0.4, -0.2) is 82.3 Å². The molecule has 5 aliphatic heterocycles. The standard InChI is InChI=1S/C32H32ClF6N7O2/c1-14-7-18(40)42-24(21(14)32(37,38)39)19-22(33)26-20-25(23(19)34)43-28(44-27(20)46-8-15-3-4-16(41-15)17(46)9-47-26)48-13-30-5-2-6-45(30)12-29(10-30)11-31(29,35)36/h7,15-17,41H,2-6,8-13H2,1H3,(H2,40,42). The predicted octanol–water partition coefficient (Wildman–Crippen LogP) is 5.74. The first kappa shape index (κ1) is 30.7. The molecule has 7 heterocycles. The van der Waals surface area contributed by atoms with E-state index in [-0.39, 0.29) is 84.8 Å². The van der Waals surface area contributed by atoms with Crippen LogP contribution >= 0.6 is 11.6 Å². The lowest BCUT2D eigenvalue weighted by Gasteiger charge is -2.40. The SMILES string of the molecule is Cc1cc(N)nc(-c2c(Cl)c3c4c(nc(OCC56CCCN5CC5(C6)CC5(F)F)nc4c2F)N2CC4CCC(N4)C2CO3)c1C(F)(F)F. The van der Waals surface area contributed by atoms with E-state index < -0.39 is 50.7 Å². The topological polar surface area (TPSA) is 102 Å². The summed E-state index contributed by atoms with van der Waals surface area (Å²) in [7, 11) is 0. The number of halogens is 7. The van der Waals surface area contributed by atoms with Crippen LogP contribution in [-0.2, 0) is 6.18 Å². The Hall–Kier alpha value is -3.30. The number of nitrogens with two attached hydrogens (primary N) is 1. The molecule has 1 aromatic carbocycles. The van der Waals surface area contributed by atoms with Gasteiger partial charge in [0.1, 0.15) is 30.4 Å². The van der Waals surface area contributed by atoms with Crippen molar-refractivity contribution in [1.82, 2.24) is 25.2 Å². The summed E-state index contributed by atoms with van der Waals surface area (Å²) >= 11 is 6.81. The minimum atomic E-state index is -4.92. The van der Waals surface area contributed by atoms with Crippen LogP contribution in [0, 0.1) is 18.2 Å². The molecule has 48 heavy (non-hydrogen) atoms. The van der Waals surface area contributed by atoms with Gasteiger partial charge >= 0.3 is 12.2 Å². The highest BCUT2D eigenvalue weighted by atomic mass is 35.5. The molecule has 6 aliphatic rings. The Bertz CT molecular complexity index is 1900. The van der Waals surface area contributed by atoms with E-state index >= 15 is 4.39 Å². The first-order valence-corrected chi connectivity index (χ1v) is 16.6. The third kappa shape index (κ3) is 4.28. The number of rotatable bonds is 4. The van der Waals surface area contributed by atoms with Crippen molar-refractivity contribution in [3.63, 3.8) is 0 Å². The van der Waals surface area contributed by atoms with Gasteiger partial charge < -0.3 is 25.4 Å². The lowest BCUT2D eigenvalue weighted by Crippen LogP contribution is -2.60. The van der Waals surface area contributed by atoms with Crippen molar-refractivity contribution in [2.75, 3.05) is 43.5 Å². The minimum absolute atomic E-state index is 0.00558. The van der Waals surface area contributed by atoms with Gasteiger partial charge in [0.2, 0.25) is 0 Å². The van der Waals surface area contributed by atoms with Crippen LogP contribution in [0.2, 0.25) is 5.02 Å². The second-order valence-electron chi connectivity index (χ2n) is 14.4. The Morgan fingerprint density at radius 3 is 2.73 bits per heavy atom. The number of hydrogen-bond donors (Lipinski definition) is 2. The van der Waals surface area contributed by atoms with E-state index in [4.69, 9.17) is 31.8 Å². The van der Waals surface area contributed by atoms with E-state index in [9.17, 15) is 22.0 Å². The molecule has 5 fully saturated rings. The van der Waals surface area contributed by atoms with Crippen molar-refractivity contribution in [2.45, 2.75) is 81.2 Å². The van der Waals surface area contributed by atoms with Crippen molar-refractivity contribution in [2.24, 2.45) is 5.41 Å². The monoisotopic (exact) mass is 695 g/mol. The Balaban J connectivity index is 1.21. The number of benzene rings is 1. The zero-order chi connectivity index (χ0) is 33.5. The van der Waals surface area contributed by atoms with Crippen molar-refractivity contribution >= 4 is 34.1 Å². The number of ether oxygens (including phenoxy) is 2. The molecule has 0 amide bonds. The molecule has 2 aromatic heterocycles. The lowest BCUT2D eigenvalue weighted by atomic mass is 9.89. The van der Waals surface area contributed by atoms with Gasteiger partial charge in [-0.2, -0.15) is 23.1 Å². The van der Waals surface area contributed by atoms with Crippen LogP contribution in [0.15, 0.2) is 6.07 Å². The van der Waals surface area contributed by atoms with Crippen LogP contribution in [0.4, 0.5) is 38.0 Å². The highest BCUT2D eigenvalue weighted by molar-refractivity contribution is 6.36. The molecule has 9 nitrogen and oxygen atoms in total. The molecule has 9 rings (SSSR count). The van der Waals surface area contributed by atoms with Crippen molar-refractivity contribution < 1.29 is 35.8 Å². The van der Waals surface area contributed by atoms with Crippen molar-refractivity contribution in [3.05, 3.63) is 28.0 Å². The Kier molecular flexibility index (Phi) is 6.34. The van der Waals surface area contributed by atoms with E-state index in [1.54, 1.807) is 0 Å². The number of hydrogen-bond acceptors (Lipinski definition) is 9. The van der Waals surface area contributed by atoms with Gasteiger partial charge in [0.25, 0.3) is 5.92 Å². The Morgan fingerprint density at radius 2 is 1.98 bits per heavy atom. The number of nitrogen functional groups attached to an aromatic ring is 1. The maximum absolute atomic E-state index is 17.0. The van der Waals surface area contributed by atoms with Gasteiger partial charge in [0, 0.05) is 31.6 Å². The van der Waals surface area contributed by atoms with Gasteiger partial charge in [-0.05, 0) is 57.2 Å². The van der Waals surface area contributed by atoms with Gasteiger partial charge in [-0.3, -0.25) is 4.90 Å². The molecule has 5 atom stereocenters. The highest BCUT2D eigenvalue weighted by Crippen LogP contribution is 2.69. The maximum Gasteiger partial charge on any atom is 0.418 e. The smallest absolute Gasteiger partial charge is 0.418 e. The Morgan fingerprint density at radius 1 is 1.19 bits per heavy atom. The van der Waals surface area contributed by atoms with E-state index in [1.165, 1.54) is 6.92 Å². The van der Waals surface area contributed by atoms with Gasteiger partial charge in [0.05, 0.1) is 44.2 Å². The number of alkyl halides is 5. The fourth-order valence-corrected chi connectivity index (χ4v) is 9.56. The highest BCUT2D eigenvalue weighted by Gasteiger charge is 2.77. The van der Waals surface area contributed by atoms with Gasteiger partial charge in [-0.1, -0.05) is 11.6 Å². The summed E-state index contributed by atoms with van der Waals surface area (Å²) < 4.78 is 102. The second-order valence-corrected chi connectivity index (χ2v) is 14.8. The van der Waals surface area contributed by atoms with E-state index in [1.807, 2.05) is 4.90 Å². The molecular formula is C32H32ClF6N7O2. The lowest BCUT2D eigenvalue weighted by molar-refractivity contribution is -0.137. The van der Waals surface area contributed by atoms with Crippen molar-refractivity contribution in [1.29, 1.82) is 0 Å². The molecule has 1 saturated carbocycles. The Labute approximate surface area is 276 Å². The van der Waals surface area contributed by atoms with Gasteiger partial charge in [0.15, 0.2) is 11.6 Å². The molecule has 0 radical (unpaired) electrons. The quantitative estimate of drug-likeness (QED) is 0.331. The van der Waals surface area contributed by atoms with Crippen LogP contribution in [0.25, 0.3) is 22.2 Å². The van der Waals surface area contributed by atoms with Crippen LogP contribution in [0.1, 0.15) is 49.7 Å². The number of nitrogens with zero attached hydrogens (tertiary/aromatic N) is 5. The number of anilines is 2. The summed E-state index contributed by atoms with van der Waals surface area (Å²) in [6.07, 6.45) is -1.54. The maximum atomic E-state index is 17.0. The molecule has 1 aliphatic carbocycles. The molecule has 256 valence electrons. The summed E-state index contributed by atoms with van der Waals surface area (Å²) in [6.45, 7) is 2.78. The molecule has 16 heteroatoms. The van der Waals surface area contributed by atoms with Crippen molar-refractivity contribution in [3.8, 4) is 23.0 Å². The number of aryl methyl sites for hydroxylation is 1.